The summed E-state index contributed by atoms with van der Waals surface area (Å²) in [4.78, 5) is 26.8. The van der Waals surface area contributed by atoms with E-state index >= 15 is 0 Å². The molecule has 2 amide bonds. The van der Waals surface area contributed by atoms with Gasteiger partial charge < -0.3 is 15.1 Å². The number of amides is 2. The molecule has 1 heterocycles. The molecular weight excluding hydrogens is 278 g/mol. The van der Waals surface area contributed by atoms with Crippen LogP contribution in [-0.4, -0.2) is 49.3 Å². The Bertz CT molecular complexity index is 502. The van der Waals surface area contributed by atoms with Crippen molar-refractivity contribution in [3.8, 4) is 0 Å². The van der Waals surface area contributed by atoms with Gasteiger partial charge in [-0.25, -0.2) is 0 Å². The van der Waals surface area contributed by atoms with Crippen LogP contribution in [0.3, 0.4) is 0 Å². The number of benzene rings is 1. The highest BCUT2D eigenvalue weighted by atomic mass is 35.5. The number of nitrogens with one attached hydrogen (secondary N) is 1. The molecule has 0 spiro atoms. The largest absolute Gasteiger partial charge is 0.325 e. The highest BCUT2D eigenvalue weighted by Crippen LogP contribution is 2.25. The van der Waals surface area contributed by atoms with Gasteiger partial charge in [0, 0.05) is 24.3 Å². The first-order valence-corrected chi connectivity index (χ1v) is 6.88. The zero-order chi connectivity index (χ0) is 14.7. The third kappa shape index (κ3) is 3.71. The Labute approximate surface area is 123 Å². The lowest BCUT2D eigenvalue weighted by molar-refractivity contribution is -0.117. The van der Waals surface area contributed by atoms with Crippen molar-refractivity contribution in [3.05, 3.63) is 24.3 Å². The van der Waals surface area contributed by atoms with Crippen LogP contribution in [-0.2, 0) is 9.59 Å². The Morgan fingerprint density at radius 1 is 1.40 bits per heavy atom. The first kappa shape index (κ1) is 14.8. The summed E-state index contributed by atoms with van der Waals surface area (Å²) in [5, 5.41) is 2.68. The fourth-order valence-corrected chi connectivity index (χ4v) is 2.40. The van der Waals surface area contributed by atoms with Gasteiger partial charge in [0.05, 0.1) is 11.9 Å². The molecular formula is C14H18ClN3O2. The summed E-state index contributed by atoms with van der Waals surface area (Å²) in [5.74, 6) is -0.0322. The van der Waals surface area contributed by atoms with Crippen molar-refractivity contribution in [2.75, 3.05) is 37.4 Å². The van der Waals surface area contributed by atoms with Gasteiger partial charge in [0.1, 0.15) is 0 Å². The smallest absolute Gasteiger partial charge is 0.238 e. The van der Waals surface area contributed by atoms with Gasteiger partial charge in [0.15, 0.2) is 0 Å². The van der Waals surface area contributed by atoms with E-state index in [1.54, 1.807) is 21.9 Å². The quantitative estimate of drug-likeness (QED) is 0.857. The molecule has 1 aromatic rings. The standard InChI is InChI=1S/C14H18ClN3O2/c1-17(2)9-13(19)16-11-3-5-12(6-4-11)18-8-10(15)7-14(18)20/h3-6,10H,7-9H2,1-2H3,(H,16,19). The van der Waals surface area contributed by atoms with Gasteiger partial charge in [-0.1, -0.05) is 0 Å². The molecule has 2 rings (SSSR count). The van der Waals surface area contributed by atoms with Crippen molar-refractivity contribution >= 4 is 34.8 Å². The number of nitrogens with zero attached hydrogens (tertiary/aromatic N) is 2. The van der Waals surface area contributed by atoms with Gasteiger partial charge in [0.25, 0.3) is 0 Å². The molecule has 5 nitrogen and oxygen atoms in total. The van der Waals surface area contributed by atoms with Crippen molar-refractivity contribution < 1.29 is 9.59 Å². The molecule has 108 valence electrons. The van der Waals surface area contributed by atoms with E-state index in [1.165, 1.54) is 0 Å². The molecule has 1 N–H and O–H groups in total. The minimum Gasteiger partial charge on any atom is -0.325 e. The summed E-state index contributed by atoms with van der Waals surface area (Å²) in [7, 11) is 3.68. The van der Waals surface area contributed by atoms with Crippen molar-refractivity contribution in [2.45, 2.75) is 11.8 Å². The fourth-order valence-electron chi connectivity index (χ4n) is 2.13. The number of anilines is 2. The summed E-state index contributed by atoms with van der Waals surface area (Å²) in [6.07, 6.45) is 0.378. The van der Waals surface area contributed by atoms with Crippen molar-refractivity contribution in [1.29, 1.82) is 0 Å². The zero-order valence-corrected chi connectivity index (χ0v) is 12.4. The lowest BCUT2D eigenvalue weighted by atomic mass is 10.2. The molecule has 1 aliphatic heterocycles. The number of carbonyl (C=O) groups excluding carboxylic acids is 2. The number of alkyl halides is 1. The number of rotatable bonds is 4. The second-order valence-electron chi connectivity index (χ2n) is 5.14. The van der Waals surface area contributed by atoms with E-state index < -0.39 is 0 Å². The van der Waals surface area contributed by atoms with E-state index in [0.717, 1.165) is 11.4 Å². The van der Waals surface area contributed by atoms with Crippen molar-refractivity contribution in [3.63, 3.8) is 0 Å². The van der Waals surface area contributed by atoms with E-state index in [2.05, 4.69) is 5.32 Å². The maximum Gasteiger partial charge on any atom is 0.238 e. The Kier molecular flexibility index (Phi) is 4.62. The van der Waals surface area contributed by atoms with Gasteiger partial charge in [0.2, 0.25) is 11.8 Å². The van der Waals surface area contributed by atoms with Gasteiger partial charge in [-0.2, -0.15) is 0 Å². The number of hydrogen-bond acceptors (Lipinski definition) is 3. The Hall–Kier alpha value is -1.59. The third-order valence-electron chi connectivity index (χ3n) is 3.00. The van der Waals surface area contributed by atoms with E-state index in [4.69, 9.17) is 11.6 Å². The fraction of sp³-hybridized carbons (Fsp3) is 0.429. The minimum atomic E-state index is -0.123. The maximum absolute atomic E-state index is 11.7. The normalized spacial score (nSPS) is 18.7. The molecule has 0 bridgehead atoms. The SMILES string of the molecule is CN(C)CC(=O)Nc1ccc(N2CC(Cl)CC2=O)cc1. The number of halogens is 1. The lowest BCUT2D eigenvalue weighted by Crippen LogP contribution is -2.27. The monoisotopic (exact) mass is 295 g/mol. The second-order valence-corrected chi connectivity index (χ2v) is 5.76. The molecule has 0 radical (unpaired) electrons. The van der Waals surface area contributed by atoms with Crippen LogP contribution in [0, 0.1) is 0 Å². The molecule has 1 aliphatic rings. The first-order chi connectivity index (χ1) is 9.45. The third-order valence-corrected chi connectivity index (χ3v) is 3.29. The van der Waals surface area contributed by atoms with Crippen molar-refractivity contribution in [2.24, 2.45) is 0 Å². The van der Waals surface area contributed by atoms with Crippen LogP contribution in [0.25, 0.3) is 0 Å². The number of carbonyl (C=O) groups is 2. The highest BCUT2D eigenvalue weighted by Gasteiger charge is 2.28. The van der Waals surface area contributed by atoms with Crippen LogP contribution in [0.15, 0.2) is 24.3 Å². The highest BCUT2D eigenvalue weighted by molar-refractivity contribution is 6.24. The first-order valence-electron chi connectivity index (χ1n) is 6.45. The van der Waals surface area contributed by atoms with Gasteiger partial charge >= 0.3 is 0 Å². The van der Waals surface area contributed by atoms with E-state index in [1.807, 2.05) is 26.2 Å². The van der Waals surface area contributed by atoms with Crippen LogP contribution in [0.2, 0.25) is 0 Å². The average Bonchev–Trinajstić information content (AvgIpc) is 2.68. The van der Waals surface area contributed by atoms with Gasteiger partial charge in [-0.05, 0) is 38.4 Å². The zero-order valence-electron chi connectivity index (χ0n) is 11.6. The molecule has 1 unspecified atom stereocenters. The molecule has 1 saturated heterocycles. The predicted octanol–water partition coefficient (Wildman–Crippen LogP) is 1.53. The molecule has 0 aliphatic carbocycles. The molecule has 1 atom stereocenters. The molecule has 0 saturated carbocycles. The van der Waals surface area contributed by atoms with Crippen molar-refractivity contribution in [1.82, 2.24) is 4.90 Å². The summed E-state index contributed by atoms with van der Waals surface area (Å²) < 4.78 is 0. The van der Waals surface area contributed by atoms with Crippen LogP contribution >= 0.6 is 11.6 Å². The van der Waals surface area contributed by atoms with E-state index in [0.29, 0.717) is 19.5 Å². The van der Waals surface area contributed by atoms with Crippen LogP contribution in [0.4, 0.5) is 11.4 Å². The van der Waals surface area contributed by atoms with E-state index in [9.17, 15) is 9.59 Å². The topological polar surface area (TPSA) is 52.7 Å². The average molecular weight is 296 g/mol. The van der Waals surface area contributed by atoms with Gasteiger partial charge in [-0.3, -0.25) is 9.59 Å². The number of likely N-dealkylation sites (N-methyl/N-ethyl adjacent to an activating group) is 1. The molecule has 1 fully saturated rings. The Morgan fingerprint density at radius 3 is 2.55 bits per heavy atom. The molecule has 6 heteroatoms. The summed E-state index contributed by atoms with van der Waals surface area (Å²) in [6, 6.07) is 7.21. The van der Waals surface area contributed by atoms with E-state index in [-0.39, 0.29) is 17.2 Å². The molecule has 1 aromatic carbocycles. The lowest BCUT2D eigenvalue weighted by Gasteiger charge is -2.16. The van der Waals surface area contributed by atoms with Crippen LogP contribution in [0.1, 0.15) is 6.42 Å². The van der Waals surface area contributed by atoms with Crippen LogP contribution < -0.4 is 10.2 Å². The maximum atomic E-state index is 11.7. The number of hydrogen-bond donors (Lipinski definition) is 1. The molecule has 20 heavy (non-hydrogen) atoms. The molecule has 0 aromatic heterocycles. The Morgan fingerprint density at radius 2 is 2.05 bits per heavy atom. The minimum absolute atomic E-state index is 0.0365. The second kappa shape index (κ2) is 6.24. The predicted molar refractivity (Wildman–Crippen MR) is 80.2 cm³/mol. The van der Waals surface area contributed by atoms with Gasteiger partial charge in [-0.15, -0.1) is 11.6 Å². The summed E-state index contributed by atoms with van der Waals surface area (Å²) >= 11 is 5.98. The summed E-state index contributed by atoms with van der Waals surface area (Å²) in [6.45, 7) is 0.868. The summed E-state index contributed by atoms with van der Waals surface area (Å²) in [5.41, 5.74) is 1.53. The Balaban J connectivity index is 2.00. The van der Waals surface area contributed by atoms with Crippen LogP contribution in [0.5, 0.6) is 0 Å².